The van der Waals surface area contributed by atoms with Gasteiger partial charge in [0.25, 0.3) is 0 Å². The van der Waals surface area contributed by atoms with Crippen LogP contribution in [0.5, 0.6) is 0 Å². The topological polar surface area (TPSA) is 96.5 Å². The van der Waals surface area contributed by atoms with Gasteiger partial charge in [0.2, 0.25) is 5.56 Å². The number of nitrogens with one attached hydrogen (secondary N) is 2. The summed E-state index contributed by atoms with van der Waals surface area (Å²) in [7, 11) is 1.74. The molecule has 0 spiro atoms. The number of rotatable bonds is 6. The molecule has 1 saturated carbocycles. The lowest BCUT2D eigenvalue weighted by Crippen LogP contribution is -2.34. The van der Waals surface area contributed by atoms with Gasteiger partial charge >= 0.3 is 0 Å². The molecule has 0 bridgehead atoms. The van der Waals surface area contributed by atoms with Crippen molar-refractivity contribution >= 4 is 33.2 Å². The van der Waals surface area contributed by atoms with Crippen molar-refractivity contribution in [2.24, 2.45) is 13.0 Å². The minimum absolute atomic E-state index is 0.0338. The third-order valence-electron chi connectivity index (χ3n) is 5.53. The van der Waals surface area contributed by atoms with Crippen molar-refractivity contribution < 1.29 is 5.11 Å². The second-order valence-electron chi connectivity index (χ2n) is 7.57. The Morgan fingerprint density at radius 2 is 2.14 bits per heavy atom. The van der Waals surface area contributed by atoms with Crippen LogP contribution in [-0.4, -0.2) is 36.9 Å². The highest BCUT2D eigenvalue weighted by Crippen LogP contribution is 2.28. The van der Waals surface area contributed by atoms with E-state index in [1.54, 1.807) is 28.4 Å². The van der Waals surface area contributed by atoms with Gasteiger partial charge in [-0.2, -0.15) is 9.61 Å². The largest absolute Gasteiger partial charge is 0.396 e. The molecule has 0 unspecified atom stereocenters. The number of hydrogen-bond donors (Lipinski definition) is 3. The molecular weight excluding hydrogens is 436 g/mol. The van der Waals surface area contributed by atoms with Crippen molar-refractivity contribution in [3.8, 4) is 0 Å². The summed E-state index contributed by atoms with van der Waals surface area (Å²) in [6, 6.07) is 5.54. The molecule has 1 aliphatic carbocycles. The van der Waals surface area contributed by atoms with E-state index < -0.39 is 0 Å². The van der Waals surface area contributed by atoms with Crippen molar-refractivity contribution in [2.45, 2.75) is 38.3 Å². The van der Waals surface area contributed by atoms with Crippen LogP contribution in [-0.2, 0) is 13.6 Å². The smallest absolute Gasteiger partial charge is 0.250 e. The van der Waals surface area contributed by atoms with Gasteiger partial charge in [-0.1, -0.05) is 18.9 Å². The van der Waals surface area contributed by atoms with Gasteiger partial charge in [0.05, 0.1) is 10.7 Å². The van der Waals surface area contributed by atoms with E-state index in [9.17, 15) is 9.90 Å². The molecule has 9 heteroatoms. The third-order valence-corrected chi connectivity index (χ3v) is 6.09. The van der Waals surface area contributed by atoms with Crippen LogP contribution in [0.4, 0.5) is 11.6 Å². The lowest BCUT2D eigenvalue weighted by atomic mass is 9.85. The van der Waals surface area contributed by atoms with Gasteiger partial charge < -0.3 is 20.3 Å². The van der Waals surface area contributed by atoms with Crippen LogP contribution >= 0.6 is 15.9 Å². The minimum Gasteiger partial charge on any atom is -0.396 e. The summed E-state index contributed by atoms with van der Waals surface area (Å²) in [5.74, 6) is 1.80. The second kappa shape index (κ2) is 8.54. The monoisotopic (exact) mass is 460 g/mol. The molecule has 0 saturated heterocycles. The molecular formula is C20H25BrN6O2. The summed E-state index contributed by atoms with van der Waals surface area (Å²) in [6.45, 7) is 0.737. The molecule has 2 atom stereocenters. The summed E-state index contributed by atoms with van der Waals surface area (Å²) in [5.41, 5.74) is 1.67. The molecule has 1 aliphatic rings. The number of fused-ring (bicyclic) bond motifs is 1. The molecule has 0 aromatic carbocycles. The van der Waals surface area contributed by atoms with Crippen molar-refractivity contribution in [1.82, 2.24) is 19.2 Å². The van der Waals surface area contributed by atoms with Gasteiger partial charge in [-0.05, 0) is 34.3 Å². The molecule has 0 radical (unpaired) electrons. The highest BCUT2D eigenvalue weighted by Gasteiger charge is 2.25. The first-order chi connectivity index (χ1) is 14.0. The summed E-state index contributed by atoms with van der Waals surface area (Å²) >= 11 is 3.52. The summed E-state index contributed by atoms with van der Waals surface area (Å²) in [5, 5.41) is 21.0. The molecule has 0 aliphatic heterocycles. The Bertz CT molecular complexity index is 1060. The number of anilines is 2. The van der Waals surface area contributed by atoms with Crippen LogP contribution in [0.25, 0.3) is 5.65 Å². The first kappa shape index (κ1) is 19.9. The highest BCUT2D eigenvalue weighted by atomic mass is 79.9. The minimum atomic E-state index is -0.0338. The Kier molecular flexibility index (Phi) is 5.86. The zero-order chi connectivity index (χ0) is 20.4. The zero-order valence-electron chi connectivity index (χ0n) is 16.3. The fourth-order valence-electron chi connectivity index (χ4n) is 3.89. The van der Waals surface area contributed by atoms with E-state index in [1.807, 2.05) is 18.3 Å². The molecule has 3 N–H and O–H groups in total. The predicted molar refractivity (Wildman–Crippen MR) is 116 cm³/mol. The fourth-order valence-corrected chi connectivity index (χ4v) is 4.24. The molecule has 3 heterocycles. The van der Waals surface area contributed by atoms with Crippen LogP contribution in [0.15, 0.2) is 39.9 Å². The second-order valence-corrected chi connectivity index (χ2v) is 8.43. The maximum Gasteiger partial charge on any atom is 0.250 e. The Morgan fingerprint density at radius 1 is 1.31 bits per heavy atom. The van der Waals surface area contributed by atoms with Crippen LogP contribution in [0.1, 0.15) is 31.2 Å². The SMILES string of the molecule is Cn1cc(CNc2cc(N[C@H]3CCCC[C@H]3CO)nc3c(Br)cnn23)ccc1=O. The maximum absolute atomic E-state index is 11.6. The summed E-state index contributed by atoms with van der Waals surface area (Å²) in [4.78, 5) is 16.3. The molecule has 4 rings (SSSR count). The standard InChI is InChI=1S/C20H25BrN6O2/c1-26-11-13(6-7-19(26)29)9-22-18-8-17(25-20-15(21)10-23-27(18)20)24-16-5-3-2-4-14(16)12-28/h6-8,10-11,14,16,22,28H,2-5,9,12H2,1H3,(H,24,25)/t14-,16-/m0/s1. The van der Waals surface area contributed by atoms with Gasteiger partial charge in [-0.15, -0.1) is 0 Å². The maximum atomic E-state index is 11.6. The van der Waals surface area contributed by atoms with Gasteiger partial charge in [0, 0.05) is 50.5 Å². The quantitative estimate of drug-likeness (QED) is 0.523. The lowest BCUT2D eigenvalue weighted by Gasteiger charge is -2.31. The van der Waals surface area contributed by atoms with Gasteiger partial charge in [0.1, 0.15) is 11.6 Å². The average molecular weight is 461 g/mol. The Hall–Kier alpha value is -2.39. The number of aliphatic hydroxyl groups excluding tert-OH is 1. The molecule has 29 heavy (non-hydrogen) atoms. The molecule has 154 valence electrons. The van der Waals surface area contributed by atoms with Crippen LogP contribution < -0.4 is 16.2 Å². The van der Waals surface area contributed by atoms with Crippen molar-refractivity contribution in [2.75, 3.05) is 17.2 Å². The van der Waals surface area contributed by atoms with Gasteiger partial charge in [-0.25, -0.2) is 4.98 Å². The number of aryl methyl sites for hydroxylation is 1. The lowest BCUT2D eigenvalue weighted by molar-refractivity contribution is 0.178. The van der Waals surface area contributed by atoms with Crippen molar-refractivity contribution in [1.29, 1.82) is 0 Å². The number of nitrogens with zero attached hydrogens (tertiary/aromatic N) is 4. The van der Waals surface area contributed by atoms with Crippen LogP contribution in [0.3, 0.4) is 0 Å². The van der Waals surface area contributed by atoms with E-state index in [2.05, 4.69) is 31.7 Å². The third kappa shape index (κ3) is 4.30. The Morgan fingerprint density at radius 3 is 2.93 bits per heavy atom. The zero-order valence-corrected chi connectivity index (χ0v) is 17.9. The van der Waals surface area contributed by atoms with Gasteiger partial charge in [0.15, 0.2) is 5.65 Å². The number of aromatic nitrogens is 4. The highest BCUT2D eigenvalue weighted by molar-refractivity contribution is 9.10. The van der Waals surface area contributed by atoms with Crippen molar-refractivity contribution in [3.63, 3.8) is 0 Å². The number of halogens is 1. The van der Waals surface area contributed by atoms with Crippen molar-refractivity contribution in [3.05, 3.63) is 51.0 Å². The van der Waals surface area contributed by atoms with E-state index in [0.29, 0.717) is 12.2 Å². The van der Waals surface area contributed by atoms with Crippen LogP contribution in [0, 0.1) is 5.92 Å². The Balaban J connectivity index is 1.60. The Labute approximate surface area is 177 Å². The van der Waals surface area contributed by atoms with E-state index in [-0.39, 0.29) is 24.1 Å². The predicted octanol–water partition coefficient (Wildman–Crippen LogP) is 2.77. The average Bonchev–Trinajstić information content (AvgIpc) is 3.10. The molecule has 8 nitrogen and oxygen atoms in total. The normalized spacial score (nSPS) is 19.4. The first-order valence-corrected chi connectivity index (χ1v) is 10.7. The van der Waals surface area contributed by atoms with Gasteiger partial charge in [-0.3, -0.25) is 4.79 Å². The van der Waals surface area contributed by atoms with Crippen LogP contribution in [0.2, 0.25) is 0 Å². The molecule has 3 aromatic rings. The van der Waals surface area contributed by atoms with E-state index in [1.165, 1.54) is 0 Å². The molecule has 0 amide bonds. The first-order valence-electron chi connectivity index (χ1n) is 9.86. The summed E-state index contributed by atoms with van der Waals surface area (Å²) in [6.07, 6.45) is 7.92. The van der Waals surface area contributed by atoms with E-state index in [4.69, 9.17) is 4.98 Å². The fraction of sp³-hybridized carbons (Fsp3) is 0.450. The van der Waals surface area contributed by atoms with E-state index >= 15 is 0 Å². The number of hydrogen-bond acceptors (Lipinski definition) is 6. The molecule has 1 fully saturated rings. The number of pyridine rings is 1. The number of aliphatic hydroxyl groups is 1. The molecule has 3 aromatic heterocycles. The van der Waals surface area contributed by atoms with E-state index in [0.717, 1.165) is 47.4 Å². The summed E-state index contributed by atoms with van der Waals surface area (Å²) < 4.78 is 4.13.